The van der Waals surface area contributed by atoms with Crippen LogP contribution in [0.4, 0.5) is 0 Å². The van der Waals surface area contributed by atoms with Crippen LogP contribution in [0.3, 0.4) is 0 Å². The van der Waals surface area contributed by atoms with Gasteiger partial charge in [-0.25, -0.2) is 0 Å². The third-order valence-electron chi connectivity index (χ3n) is 4.53. The summed E-state index contributed by atoms with van der Waals surface area (Å²) in [6, 6.07) is 9.42. The minimum Gasteiger partial charge on any atom is -0.481 e. The predicted molar refractivity (Wildman–Crippen MR) is 79.8 cm³/mol. The number of carbonyl (C=O) groups is 2. The normalized spacial score (nSPS) is 23.0. The molecule has 0 bridgehead atoms. The summed E-state index contributed by atoms with van der Waals surface area (Å²) in [4.78, 5) is 25.8. The second-order valence-electron chi connectivity index (χ2n) is 5.65. The number of carbonyl (C=O) groups excluding carboxylic acids is 1. The van der Waals surface area contributed by atoms with Gasteiger partial charge >= 0.3 is 5.97 Å². The van der Waals surface area contributed by atoms with Crippen molar-refractivity contribution in [2.75, 3.05) is 19.6 Å². The molecule has 5 nitrogen and oxygen atoms in total. The molecule has 0 saturated carbocycles. The van der Waals surface area contributed by atoms with Gasteiger partial charge in [0, 0.05) is 19.6 Å². The van der Waals surface area contributed by atoms with Crippen LogP contribution in [0.1, 0.15) is 31.2 Å². The topological polar surface area (TPSA) is 83.6 Å². The van der Waals surface area contributed by atoms with Gasteiger partial charge in [-0.05, 0) is 18.4 Å². The maximum Gasteiger partial charge on any atom is 0.311 e. The molecule has 0 radical (unpaired) electrons. The quantitative estimate of drug-likeness (QED) is 0.859. The second-order valence-corrected chi connectivity index (χ2v) is 5.65. The van der Waals surface area contributed by atoms with Gasteiger partial charge in [0.2, 0.25) is 5.91 Å². The highest BCUT2D eigenvalue weighted by molar-refractivity contribution is 5.86. The van der Waals surface area contributed by atoms with Crippen molar-refractivity contribution in [2.45, 2.75) is 25.7 Å². The zero-order chi connectivity index (χ0) is 15.5. The Labute approximate surface area is 124 Å². The first-order chi connectivity index (χ1) is 10.0. The molecule has 0 aliphatic carbocycles. The minimum atomic E-state index is -0.815. The number of carboxylic acid groups (broad SMARTS) is 1. The van der Waals surface area contributed by atoms with E-state index in [1.165, 1.54) is 0 Å². The molecule has 5 heteroatoms. The van der Waals surface area contributed by atoms with E-state index in [1.807, 2.05) is 37.3 Å². The Balaban J connectivity index is 2.15. The van der Waals surface area contributed by atoms with Gasteiger partial charge in [0.15, 0.2) is 0 Å². The van der Waals surface area contributed by atoms with E-state index in [0.29, 0.717) is 19.4 Å². The van der Waals surface area contributed by atoms with E-state index in [2.05, 4.69) is 0 Å². The number of hydrogen-bond donors (Lipinski definition) is 2. The number of rotatable bonds is 5. The first-order valence-electron chi connectivity index (χ1n) is 7.31. The third kappa shape index (κ3) is 2.93. The monoisotopic (exact) mass is 290 g/mol. The molecule has 114 valence electrons. The van der Waals surface area contributed by atoms with Gasteiger partial charge in [-0.3, -0.25) is 9.59 Å². The maximum absolute atomic E-state index is 12.7. The Morgan fingerprint density at radius 1 is 1.38 bits per heavy atom. The van der Waals surface area contributed by atoms with Gasteiger partial charge in [0.25, 0.3) is 0 Å². The number of nitrogens with two attached hydrogens (primary N) is 1. The van der Waals surface area contributed by atoms with E-state index in [0.717, 1.165) is 5.56 Å². The number of amides is 1. The standard InChI is InChI=1S/C16H22N2O3/c1-2-16(15(20)21)8-9-18(11-16)14(19)13(10-17)12-6-4-3-5-7-12/h3-7,13H,2,8-11,17H2,1H3,(H,20,21). The van der Waals surface area contributed by atoms with Gasteiger partial charge < -0.3 is 15.7 Å². The summed E-state index contributed by atoms with van der Waals surface area (Å²) < 4.78 is 0. The lowest BCUT2D eigenvalue weighted by Crippen LogP contribution is -2.40. The molecule has 1 amide bonds. The van der Waals surface area contributed by atoms with Crippen LogP contribution >= 0.6 is 0 Å². The summed E-state index contributed by atoms with van der Waals surface area (Å²) in [5.74, 6) is -1.28. The van der Waals surface area contributed by atoms with E-state index in [-0.39, 0.29) is 19.0 Å². The fourth-order valence-corrected chi connectivity index (χ4v) is 2.96. The minimum absolute atomic E-state index is 0.0692. The largest absolute Gasteiger partial charge is 0.481 e. The zero-order valence-electron chi connectivity index (χ0n) is 12.3. The molecular formula is C16H22N2O3. The molecule has 1 aliphatic heterocycles. The molecule has 3 N–H and O–H groups in total. The number of nitrogens with zero attached hydrogens (tertiary/aromatic N) is 1. The molecular weight excluding hydrogens is 268 g/mol. The van der Waals surface area contributed by atoms with Crippen LogP contribution in [0.2, 0.25) is 0 Å². The highest BCUT2D eigenvalue weighted by Gasteiger charge is 2.45. The van der Waals surface area contributed by atoms with Crippen molar-refractivity contribution in [1.82, 2.24) is 4.90 Å². The van der Waals surface area contributed by atoms with Crippen molar-refractivity contribution in [3.63, 3.8) is 0 Å². The molecule has 0 spiro atoms. The lowest BCUT2D eigenvalue weighted by Gasteiger charge is -2.26. The van der Waals surface area contributed by atoms with E-state index in [9.17, 15) is 14.7 Å². The SMILES string of the molecule is CCC1(C(=O)O)CCN(C(=O)C(CN)c2ccccc2)C1. The average molecular weight is 290 g/mol. The highest BCUT2D eigenvalue weighted by atomic mass is 16.4. The summed E-state index contributed by atoms with van der Waals surface area (Å²) in [6.45, 7) is 2.86. The smallest absolute Gasteiger partial charge is 0.311 e. The molecule has 2 atom stereocenters. The Kier molecular flexibility index (Phi) is 4.63. The van der Waals surface area contributed by atoms with Gasteiger partial charge in [-0.1, -0.05) is 37.3 Å². The first kappa shape index (κ1) is 15.5. The van der Waals surface area contributed by atoms with Crippen molar-refractivity contribution < 1.29 is 14.7 Å². The Hall–Kier alpha value is -1.88. The van der Waals surface area contributed by atoms with E-state index in [4.69, 9.17) is 5.73 Å². The summed E-state index contributed by atoms with van der Waals surface area (Å²) in [5, 5.41) is 9.41. The Bertz CT molecular complexity index is 518. The summed E-state index contributed by atoms with van der Waals surface area (Å²) in [7, 11) is 0. The predicted octanol–water partition coefficient (Wildman–Crippen LogP) is 1.44. The van der Waals surface area contributed by atoms with Gasteiger partial charge in [0.05, 0.1) is 11.3 Å². The van der Waals surface area contributed by atoms with Crippen LogP contribution in [0.15, 0.2) is 30.3 Å². The number of hydrogen-bond acceptors (Lipinski definition) is 3. The fourth-order valence-electron chi connectivity index (χ4n) is 2.96. The van der Waals surface area contributed by atoms with Crippen molar-refractivity contribution >= 4 is 11.9 Å². The highest BCUT2D eigenvalue weighted by Crippen LogP contribution is 2.35. The van der Waals surface area contributed by atoms with Crippen molar-refractivity contribution in [2.24, 2.45) is 11.1 Å². The lowest BCUT2D eigenvalue weighted by molar-refractivity contribution is -0.148. The van der Waals surface area contributed by atoms with E-state index >= 15 is 0 Å². The van der Waals surface area contributed by atoms with Gasteiger partial charge in [-0.2, -0.15) is 0 Å². The Morgan fingerprint density at radius 3 is 2.52 bits per heavy atom. The molecule has 1 aliphatic rings. The molecule has 0 aromatic heterocycles. The molecule has 1 aromatic carbocycles. The third-order valence-corrected chi connectivity index (χ3v) is 4.53. The van der Waals surface area contributed by atoms with Crippen molar-refractivity contribution in [1.29, 1.82) is 0 Å². The van der Waals surface area contributed by atoms with E-state index < -0.39 is 17.3 Å². The molecule has 21 heavy (non-hydrogen) atoms. The summed E-state index contributed by atoms with van der Waals surface area (Å²) >= 11 is 0. The van der Waals surface area contributed by atoms with Gasteiger partial charge in [-0.15, -0.1) is 0 Å². The maximum atomic E-state index is 12.7. The molecule has 1 heterocycles. The van der Waals surface area contributed by atoms with Crippen molar-refractivity contribution in [3.05, 3.63) is 35.9 Å². The zero-order valence-corrected chi connectivity index (χ0v) is 12.3. The molecule has 2 rings (SSSR count). The summed E-state index contributed by atoms with van der Waals surface area (Å²) in [6.07, 6.45) is 1.04. The molecule has 1 aromatic rings. The molecule has 1 saturated heterocycles. The van der Waals surface area contributed by atoms with E-state index in [1.54, 1.807) is 4.90 Å². The fraction of sp³-hybridized carbons (Fsp3) is 0.500. The lowest BCUT2D eigenvalue weighted by atomic mass is 9.84. The number of aliphatic carboxylic acids is 1. The number of likely N-dealkylation sites (tertiary alicyclic amines) is 1. The van der Waals surface area contributed by atoms with Crippen LogP contribution in [0.25, 0.3) is 0 Å². The van der Waals surface area contributed by atoms with Crippen LogP contribution in [-0.2, 0) is 9.59 Å². The average Bonchev–Trinajstić information content (AvgIpc) is 2.95. The van der Waals surface area contributed by atoms with Crippen LogP contribution in [-0.4, -0.2) is 41.5 Å². The van der Waals surface area contributed by atoms with Crippen LogP contribution in [0, 0.1) is 5.41 Å². The summed E-state index contributed by atoms with van der Waals surface area (Å²) in [5.41, 5.74) is 5.85. The molecule has 2 unspecified atom stereocenters. The second kappa shape index (κ2) is 6.26. The van der Waals surface area contributed by atoms with Crippen molar-refractivity contribution in [3.8, 4) is 0 Å². The number of carboxylic acids is 1. The van der Waals surface area contributed by atoms with Crippen LogP contribution < -0.4 is 5.73 Å². The first-order valence-corrected chi connectivity index (χ1v) is 7.31. The Morgan fingerprint density at radius 2 is 2.05 bits per heavy atom. The number of benzene rings is 1. The van der Waals surface area contributed by atoms with Crippen LogP contribution in [0.5, 0.6) is 0 Å². The van der Waals surface area contributed by atoms with Gasteiger partial charge in [0.1, 0.15) is 0 Å². The molecule has 1 fully saturated rings.